The molecule has 0 aliphatic carbocycles. The first-order valence-electron chi connectivity index (χ1n) is 4.40. The molecule has 0 saturated carbocycles. The van der Waals surface area contributed by atoms with Crippen molar-refractivity contribution in [2.75, 3.05) is 6.61 Å². The Kier molecular flexibility index (Phi) is 4.27. The smallest absolute Gasteiger partial charge is 0.151 e. The van der Waals surface area contributed by atoms with Gasteiger partial charge in [-0.05, 0) is 20.3 Å². The summed E-state index contributed by atoms with van der Waals surface area (Å²) in [4.78, 5) is 21.0. The standard InChI is InChI=1S/C10H18O3/c1-9(2,7-11)5-6-13-10(3,4)8-12/h7-8H,5-6H2,1-4H3. The van der Waals surface area contributed by atoms with Crippen LogP contribution in [-0.2, 0) is 14.3 Å². The van der Waals surface area contributed by atoms with Gasteiger partial charge in [0.05, 0.1) is 0 Å². The fourth-order valence-corrected chi connectivity index (χ4v) is 0.670. The van der Waals surface area contributed by atoms with Gasteiger partial charge in [0.15, 0.2) is 6.29 Å². The minimum absolute atomic E-state index is 0.362. The molecule has 0 aliphatic rings. The average Bonchev–Trinajstić information content (AvgIpc) is 2.04. The molecular formula is C10H18O3. The molecule has 13 heavy (non-hydrogen) atoms. The van der Waals surface area contributed by atoms with Gasteiger partial charge in [-0.15, -0.1) is 0 Å². The maximum atomic E-state index is 10.5. The van der Waals surface area contributed by atoms with Crippen LogP contribution in [0.15, 0.2) is 0 Å². The Labute approximate surface area is 79.5 Å². The number of hydrogen-bond acceptors (Lipinski definition) is 3. The lowest BCUT2D eigenvalue weighted by atomic mass is 9.92. The largest absolute Gasteiger partial charge is 0.368 e. The van der Waals surface area contributed by atoms with Gasteiger partial charge in [-0.1, -0.05) is 13.8 Å². The number of hydrogen-bond donors (Lipinski definition) is 0. The van der Waals surface area contributed by atoms with Gasteiger partial charge in [0, 0.05) is 12.0 Å². The molecule has 0 N–H and O–H groups in total. The molecule has 0 radical (unpaired) electrons. The summed E-state index contributed by atoms with van der Waals surface area (Å²) in [7, 11) is 0. The van der Waals surface area contributed by atoms with Gasteiger partial charge >= 0.3 is 0 Å². The summed E-state index contributed by atoms with van der Waals surface area (Å²) < 4.78 is 5.29. The molecule has 0 aromatic heterocycles. The Morgan fingerprint density at radius 1 is 1.08 bits per heavy atom. The van der Waals surface area contributed by atoms with Crippen LogP contribution in [0.25, 0.3) is 0 Å². The molecule has 0 amide bonds. The van der Waals surface area contributed by atoms with E-state index in [1.807, 2.05) is 13.8 Å². The van der Waals surface area contributed by atoms with Crippen LogP contribution >= 0.6 is 0 Å². The van der Waals surface area contributed by atoms with Gasteiger partial charge in [0.1, 0.15) is 11.9 Å². The van der Waals surface area contributed by atoms with E-state index in [0.717, 1.165) is 12.6 Å². The summed E-state index contributed by atoms with van der Waals surface area (Å²) in [5, 5.41) is 0. The monoisotopic (exact) mass is 186 g/mol. The molecular weight excluding hydrogens is 168 g/mol. The second-order valence-corrected chi connectivity index (χ2v) is 4.43. The van der Waals surface area contributed by atoms with Crippen molar-refractivity contribution in [3.8, 4) is 0 Å². The van der Waals surface area contributed by atoms with Gasteiger partial charge in [-0.25, -0.2) is 0 Å². The summed E-state index contributed by atoms with van der Waals surface area (Å²) in [6.45, 7) is 7.52. The number of carbonyl (C=O) groups excluding carboxylic acids is 2. The zero-order valence-electron chi connectivity index (χ0n) is 8.79. The van der Waals surface area contributed by atoms with E-state index in [-0.39, 0.29) is 5.41 Å². The van der Waals surface area contributed by atoms with Gasteiger partial charge in [-0.3, -0.25) is 0 Å². The lowest BCUT2D eigenvalue weighted by molar-refractivity contribution is -0.128. The first-order valence-corrected chi connectivity index (χ1v) is 4.40. The molecule has 0 aliphatic heterocycles. The van der Waals surface area contributed by atoms with E-state index in [1.165, 1.54) is 0 Å². The van der Waals surface area contributed by atoms with E-state index < -0.39 is 5.60 Å². The Morgan fingerprint density at radius 2 is 1.62 bits per heavy atom. The van der Waals surface area contributed by atoms with Crippen LogP contribution in [0.4, 0.5) is 0 Å². The lowest BCUT2D eigenvalue weighted by Crippen LogP contribution is -2.28. The Morgan fingerprint density at radius 3 is 2.00 bits per heavy atom. The van der Waals surface area contributed by atoms with Crippen molar-refractivity contribution in [3.63, 3.8) is 0 Å². The summed E-state index contributed by atoms with van der Waals surface area (Å²) in [5.74, 6) is 0. The highest BCUT2D eigenvalue weighted by Gasteiger charge is 2.20. The predicted octanol–water partition coefficient (Wildman–Crippen LogP) is 1.60. The van der Waals surface area contributed by atoms with Crippen molar-refractivity contribution >= 4 is 12.6 Å². The van der Waals surface area contributed by atoms with Crippen molar-refractivity contribution in [2.45, 2.75) is 39.7 Å². The van der Waals surface area contributed by atoms with Gasteiger partial charge < -0.3 is 14.3 Å². The zero-order valence-corrected chi connectivity index (χ0v) is 8.79. The molecule has 0 heterocycles. The van der Waals surface area contributed by atoms with Crippen molar-refractivity contribution in [1.29, 1.82) is 0 Å². The molecule has 0 aromatic carbocycles. The predicted molar refractivity (Wildman–Crippen MR) is 50.6 cm³/mol. The summed E-state index contributed by atoms with van der Waals surface area (Å²) in [6, 6.07) is 0. The number of ether oxygens (including phenoxy) is 1. The third kappa shape index (κ3) is 5.53. The average molecular weight is 186 g/mol. The number of rotatable bonds is 6. The summed E-state index contributed by atoms with van der Waals surface area (Å²) in [6.07, 6.45) is 2.30. The first kappa shape index (κ1) is 12.3. The van der Waals surface area contributed by atoms with Crippen molar-refractivity contribution in [1.82, 2.24) is 0 Å². The molecule has 0 fully saturated rings. The molecule has 0 aromatic rings. The lowest BCUT2D eigenvalue weighted by Gasteiger charge is -2.22. The highest BCUT2D eigenvalue weighted by molar-refractivity contribution is 5.60. The van der Waals surface area contributed by atoms with Crippen LogP contribution in [0.5, 0.6) is 0 Å². The van der Waals surface area contributed by atoms with Gasteiger partial charge in [0.2, 0.25) is 0 Å². The third-order valence-electron chi connectivity index (χ3n) is 1.82. The van der Waals surface area contributed by atoms with Gasteiger partial charge in [0.25, 0.3) is 0 Å². The Bertz CT molecular complexity index is 163. The van der Waals surface area contributed by atoms with E-state index >= 15 is 0 Å². The SMILES string of the molecule is CC(C)(C=O)CCOC(C)(C)C=O. The molecule has 0 saturated heterocycles. The van der Waals surface area contributed by atoms with E-state index in [4.69, 9.17) is 4.74 Å². The first-order chi connectivity index (χ1) is 5.83. The van der Waals surface area contributed by atoms with Crippen molar-refractivity contribution in [3.05, 3.63) is 0 Å². The van der Waals surface area contributed by atoms with Crippen molar-refractivity contribution in [2.24, 2.45) is 5.41 Å². The van der Waals surface area contributed by atoms with Crippen LogP contribution in [0.3, 0.4) is 0 Å². The van der Waals surface area contributed by atoms with Crippen LogP contribution in [0.2, 0.25) is 0 Å². The third-order valence-corrected chi connectivity index (χ3v) is 1.82. The normalized spacial score (nSPS) is 12.6. The minimum atomic E-state index is -0.737. The molecule has 0 bridgehead atoms. The van der Waals surface area contributed by atoms with E-state index in [1.54, 1.807) is 13.8 Å². The maximum Gasteiger partial charge on any atom is 0.151 e. The fourth-order valence-electron chi connectivity index (χ4n) is 0.670. The molecule has 0 atom stereocenters. The summed E-state index contributed by atoms with van der Waals surface area (Å²) >= 11 is 0. The quantitative estimate of drug-likeness (QED) is 0.592. The number of aldehydes is 2. The molecule has 0 unspecified atom stereocenters. The second kappa shape index (κ2) is 4.51. The van der Waals surface area contributed by atoms with E-state index in [0.29, 0.717) is 13.0 Å². The zero-order chi connectivity index (χ0) is 10.5. The molecule has 3 nitrogen and oxygen atoms in total. The maximum absolute atomic E-state index is 10.5. The molecule has 76 valence electrons. The van der Waals surface area contributed by atoms with Crippen LogP contribution in [0, 0.1) is 5.41 Å². The van der Waals surface area contributed by atoms with E-state index in [2.05, 4.69) is 0 Å². The second-order valence-electron chi connectivity index (χ2n) is 4.43. The van der Waals surface area contributed by atoms with Crippen LogP contribution in [-0.4, -0.2) is 24.8 Å². The van der Waals surface area contributed by atoms with Crippen molar-refractivity contribution < 1.29 is 14.3 Å². The molecule has 0 rings (SSSR count). The minimum Gasteiger partial charge on any atom is -0.368 e. The number of carbonyl (C=O) groups is 2. The van der Waals surface area contributed by atoms with Gasteiger partial charge in [-0.2, -0.15) is 0 Å². The topological polar surface area (TPSA) is 43.4 Å². The van der Waals surface area contributed by atoms with E-state index in [9.17, 15) is 9.59 Å². The van der Waals surface area contributed by atoms with Crippen LogP contribution < -0.4 is 0 Å². The molecule has 0 spiro atoms. The Balaban J connectivity index is 3.80. The fraction of sp³-hybridized carbons (Fsp3) is 0.800. The highest BCUT2D eigenvalue weighted by Crippen LogP contribution is 2.17. The summed E-state index contributed by atoms with van der Waals surface area (Å²) in [5.41, 5.74) is -1.10. The van der Waals surface area contributed by atoms with Crippen LogP contribution in [0.1, 0.15) is 34.1 Å². The highest BCUT2D eigenvalue weighted by atomic mass is 16.5. The Hall–Kier alpha value is -0.700. The molecule has 3 heteroatoms.